The Kier molecular flexibility index (Phi) is 4.63. The summed E-state index contributed by atoms with van der Waals surface area (Å²) < 4.78 is 5.65. The third kappa shape index (κ3) is 4.09. The van der Waals surface area contributed by atoms with Crippen molar-refractivity contribution in [2.75, 3.05) is 11.9 Å². The molecule has 3 heteroatoms. The van der Waals surface area contributed by atoms with E-state index >= 15 is 0 Å². The topological polar surface area (TPSA) is 38.3 Å². The summed E-state index contributed by atoms with van der Waals surface area (Å²) in [7, 11) is 0. The Morgan fingerprint density at radius 3 is 2.52 bits per heavy atom. The van der Waals surface area contributed by atoms with E-state index in [1.165, 1.54) is 5.56 Å². The van der Waals surface area contributed by atoms with E-state index in [0.717, 1.165) is 28.1 Å². The van der Waals surface area contributed by atoms with Crippen LogP contribution in [0.3, 0.4) is 0 Å². The van der Waals surface area contributed by atoms with Gasteiger partial charge in [0.15, 0.2) is 6.61 Å². The van der Waals surface area contributed by atoms with Gasteiger partial charge in [-0.1, -0.05) is 18.2 Å². The highest BCUT2D eigenvalue weighted by atomic mass is 16.5. The first-order chi connectivity index (χ1) is 9.95. The summed E-state index contributed by atoms with van der Waals surface area (Å²) in [6.45, 7) is 8.07. The molecule has 3 nitrogen and oxygen atoms in total. The Morgan fingerprint density at radius 1 is 1.05 bits per heavy atom. The van der Waals surface area contributed by atoms with Crippen LogP contribution in [0.4, 0.5) is 5.69 Å². The molecule has 2 rings (SSSR count). The number of nitrogens with one attached hydrogen (secondary N) is 1. The summed E-state index contributed by atoms with van der Waals surface area (Å²) in [6, 6.07) is 11.8. The maximum Gasteiger partial charge on any atom is 0.262 e. The van der Waals surface area contributed by atoms with Crippen LogP contribution in [0.1, 0.15) is 22.3 Å². The van der Waals surface area contributed by atoms with Crippen molar-refractivity contribution in [3.05, 3.63) is 58.7 Å². The number of anilines is 1. The molecule has 0 radical (unpaired) electrons. The second kappa shape index (κ2) is 6.44. The molecule has 0 saturated carbocycles. The SMILES string of the molecule is Cc1cccc(NC(=O)COc2cc(C)cc(C)c2C)c1. The number of rotatable bonds is 4. The summed E-state index contributed by atoms with van der Waals surface area (Å²) in [5.74, 6) is 0.617. The van der Waals surface area contributed by atoms with Gasteiger partial charge in [0.25, 0.3) is 5.91 Å². The van der Waals surface area contributed by atoms with Crippen molar-refractivity contribution < 1.29 is 9.53 Å². The van der Waals surface area contributed by atoms with Crippen LogP contribution < -0.4 is 10.1 Å². The lowest BCUT2D eigenvalue weighted by Crippen LogP contribution is -2.20. The average molecular weight is 283 g/mol. The monoisotopic (exact) mass is 283 g/mol. The average Bonchev–Trinajstić information content (AvgIpc) is 2.41. The van der Waals surface area contributed by atoms with Crippen molar-refractivity contribution in [2.45, 2.75) is 27.7 Å². The predicted octanol–water partition coefficient (Wildman–Crippen LogP) is 3.94. The number of carbonyl (C=O) groups is 1. The molecule has 0 saturated heterocycles. The molecule has 1 amide bonds. The van der Waals surface area contributed by atoms with Crippen molar-refractivity contribution in [2.24, 2.45) is 0 Å². The number of ether oxygens (including phenoxy) is 1. The van der Waals surface area contributed by atoms with Gasteiger partial charge in [-0.25, -0.2) is 0 Å². The summed E-state index contributed by atoms with van der Waals surface area (Å²) in [5, 5.41) is 2.84. The van der Waals surface area contributed by atoms with E-state index in [4.69, 9.17) is 4.74 Å². The van der Waals surface area contributed by atoms with E-state index in [1.54, 1.807) is 0 Å². The molecular formula is C18H21NO2. The molecule has 1 N–H and O–H groups in total. The largest absolute Gasteiger partial charge is 0.483 e. The summed E-state index contributed by atoms with van der Waals surface area (Å²) in [4.78, 5) is 11.9. The van der Waals surface area contributed by atoms with Gasteiger partial charge < -0.3 is 10.1 Å². The molecule has 0 aromatic heterocycles. The van der Waals surface area contributed by atoms with Crippen LogP contribution in [0.25, 0.3) is 0 Å². The first-order valence-corrected chi connectivity index (χ1v) is 7.03. The fraction of sp³-hybridized carbons (Fsp3) is 0.278. The first-order valence-electron chi connectivity index (χ1n) is 7.03. The molecule has 0 bridgehead atoms. The van der Waals surface area contributed by atoms with Gasteiger partial charge in [-0.05, 0) is 68.1 Å². The molecular weight excluding hydrogens is 262 g/mol. The number of hydrogen-bond acceptors (Lipinski definition) is 2. The fourth-order valence-corrected chi connectivity index (χ4v) is 2.21. The van der Waals surface area contributed by atoms with Crippen molar-refractivity contribution in [1.82, 2.24) is 0 Å². The molecule has 0 aliphatic carbocycles. The molecule has 2 aromatic carbocycles. The highest BCUT2D eigenvalue weighted by Crippen LogP contribution is 2.23. The van der Waals surface area contributed by atoms with Gasteiger partial charge in [-0.3, -0.25) is 4.79 Å². The molecule has 21 heavy (non-hydrogen) atoms. The lowest BCUT2D eigenvalue weighted by Gasteiger charge is -2.12. The second-order valence-electron chi connectivity index (χ2n) is 5.41. The van der Waals surface area contributed by atoms with E-state index in [-0.39, 0.29) is 12.5 Å². The number of carbonyl (C=O) groups excluding carboxylic acids is 1. The maximum absolute atomic E-state index is 11.9. The number of amides is 1. The molecule has 0 aliphatic heterocycles. The third-order valence-electron chi connectivity index (χ3n) is 3.42. The second-order valence-corrected chi connectivity index (χ2v) is 5.41. The highest BCUT2D eigenvalue weighted by molar-refractivity contribution is 5.91. The van der Waals surface area contributed by atoms with Crippen LogP contribution in [0.15, 0.2) is 36.4 Å². The van der Waals surface area contributed by atoms with Crippen LogP contribution in [0.2, 0.25) is 0 Å². The molecule has 2 aromatic rings. The van der Waals surface area contributed by atoms with E-state index in [0.29, 0.717) is 0 Å². The molecule has 0 fully saturated rings. The van der Waals surface area contributed by atoms with Crippen LogP contribution in [-0.2, 0) is 4.79 Å². The molecule has 0 heterocycles. The zero-order valence-electron chi connectivity index (χ0n) is 13.0. The Balaban J connectivity index is 1.98. The minimum atomic E-state index is -0.154. The first kappa shape index (κ1) is 15.1. The van der Waals surface area contributed by atoms with Crippen molar-refractivity contribution >= 4 is 11.6 Å². The smallest absolute Gasteiger partial charge is 0.262 e. The van der Waals surface area contributed by atoms with Gasteiger partial charge in [0.2, 0.25) is 0 Å². The Bertz CT molecular complexity index is 662. The zero-order chi connectivity index (χ0) is 15.4. The Morgan fingerprint density at radius 2 is 1.81 bits per heavy atom. The van der Waals surface area contributed by atoms with E-state index in [9.17, 15) is 4.79 Å². The predicted molar refractivity (Wildman–Crippen MR) is 86.0 cm³/mol. The maximum atomic E-state index is 11.9. The Hall–Kier alpha value is -2.29. The Labute approximate surface area is 126 Å². The molecule has 0 unspecified atom stereocenters. The molecule has 0 spiro atoms. The summed E-state index contributed by atoms with van der Waals surface area (Å²) in [6.07, 6.45) is 0. The van der Waals surface area contributed by atoms with Gasteiger partial charge in [-0.15, -0.1) is 0 Å². The van der Waals surface area contributed by atoms with Crippen molar-refractivity contribution in [3.63, 3.8) is 0 Å². The normalized spacial score (nSPS) is 10.3. The van der Waals surface area contributed by atoms with E-state index in [1.807, 2.05) is 58.0 Å². The van der Waals surface area contributed by atoms with Crippen molar-refractivity contribution in [1.29, 1.82) is 0 Å². The van der Waals surface area contributed by atoms with Gasteiger partial charge in [0.1, 0.15) is 5.75 Å². The quantitative estimate of drug-likeness (QED) is 0.923. The summed E-state index contributed by atoms with van der Waals surface area (Å²) >= 11 is 0. The number of hydrogen-bond donors (Lipinski definition) is 1. The van der Waals surface area contributed by atoms with Crippen LogP contribution in [0.5, 0.6) is 5.75 Å². The third-order valence-corrected chi connectivity index (χ3v) is 3.42. The van der Waals surface area contributed by atoms with Gasteiger partial charge >= 0.3 is 0 Å². The van der Waals surface area contributed by atoms with Crippen LogP contribution >= 0.6 is 0 Å². The molecule has 0 aliphatic rings. The van der Waals surface area contributed by atoms with E-state index in [2.05, 4.69) is 11.4 Å². The molecule has 110 valence electrons. The number of aryl methyl sites for hydroxylation is 3. The van der Waals surface area contributed by atoms with Crippen LogP contribution in [-0.4, -0.2) is 12.5 Å². The minimum Gasteiger partial charge on any atom is -0.483 e. The molecule has 0 atom stereocenters. The zero-order valence-corrected chi connectivity index (χ0v) is 13.0. The van der Waals surface area contributed by atoms with Crippen LogP contribution in [0, 0.1) is 27.7 Å². The fourth-order valence-electron chi connectivity index (χ4n) is 2.21. The van der Waals surface area contributed by atoms with Gasteiger partial charge in [0.05, 0.1) is 0 Å². The van der Waals surface area contributed by atoms with Crippen molar-refractivity contribution in [3.8, 4) is 5.75 Å². The number of benzene rings is 2. The van der Waals surface area contributed by atoms with Gasteiger partial charge in [-0.2, -0.15) is 0 Å². The highest BCUT2D eigenvalue weighted by Gasteiger charge is 2.07. The van der Waals surface area contributed by atoms with Gasteiger partial charge in [0, 0.05) is 5.69 Å². The van der Waals surface area contributed by atoms with E-state index < -0.39 is 0 Å². The standard InChI is InChI=1S/C18H21NO2/c1-12-6-5-7-16(9-12)19-18(20)11-21-17-10-13(2)8-14(3)15(17)4/h5-10H,11H2,1-4H3,(H,19,20). The summed E-state index contributed by atoms with van der Waals surface area (Å²) in [5.41, 5.74) is 5.28. The lowest BCUT2D eigenvalue weighted by molar-refractivity contribution is -0.118. The lowest BCUT2D eigenvalue weighted by atomic mass is 10.1. The minimum absolute atomic E-state index is 0.0116.